The molecular weight excluding hydrogens is 260 g/mol. The normalized spacial score (nSPS) is 25.9. The van der Waals surface area contributed by atoms with Gasteiger partial charge in [-0.25, -0.2) is 0 Å². The molecule has 1 fully saturated rings. The molecule has 3 unspecified atom stereocenters. The molecule has 0 radical (unpaired) electrons. The van der Waals surface area contributed by atoms with Gasteiger partial charge in [0.05, 0.1) is 5.52 Å². The van der Waals surface area contributed by atoms with Crippen molar-refractivity contribution in [2.45, 2.75) is 51.2 Å². The highest BCUT2D eigenvalue weighted by Crippen LogP contribution is 2.30. The van der Waals surface area contributed by atoms with Gasteiger partial charge in [0.15, 0.2) is 0 Å². The SMILES string of the molecule is CCCC1CCC(N)C(Oc2ccc3cccnc3c2)C1. The molecule has 1 aromatic carbocycles. The molecule has 0 aliphatic heterocycles. The first kappa shape index (κ1) is 14.3. The van der Waals surface area contributed by atoms with Crippen molar-refractivity contribution in [1.29, 1.82) is 0 Å². The van der Waals surface area contributed by atoms with Gasteiger partial charge in [0.2, 0.25) is 0 Å². The number of nitrogens with two attached hydrogens (primary N) is 1. The minimum Gasteiger partial charge on any atom is -0.489 e. The lowest BCUT2D eigenvalue weighted by atomic mass is 9.82. The molecule has 0 saturated heterocycles. The smallest absolute Gasteiger partial charge is 0.122 e. The quantitative estimate of drug-likeness (QED) is 0.926. The zero-order chi connectivity index (χ0) is 14.7. The number of ether oxygens (including phenoxy) is 1. The Bertz CT molecular complexity index is 599. The molecule has 1 heterocycles. The average Bonchev–Trinajstić information content (AvgIpc) is 2.51. The Morgan fingerprint density at radius 3 is 3.05 bits per heavy atom. The van der Waals surface area contributed by atoms with Gasteiger partial charge in [0, 0.05) is 23.7 Å². The summed E-state index contributed by atoms with van der Waals surface area (Å²) in [5, 5.41) is 1.14. The zero-order valence-corrected chi connectivity index (χ0v) is 12.7. The first-order valence-electron chi connectivity index (χ1n) is 8.03. The Hall–Kier alpha value is -1.61. The number of hydrogen-bond donors (Lipinski definition) is 1. The molecule has 112 valence electrons. The number of fused-ring (bicyclic) bond motifs is 1. The van der Waals surface area contributed by atoms with E-state index in [1.807, 2.05) is 24.4 Å². The van der Waals surface area contributed by atoms with Crippen molar-refractivity contribution in [3.8, 4) is 5.75 Å². The van der Waals surface area contributed by atoms with Gasteiger partial charge in [0.1, 0.15) is 11.9 Å². The fourth-order valence-corrected chi connectivity index (χ4v) is 3.34. The number of pyridine rings is 1. The number of rotatable bonds is 4. The Balaban J connectivity index is 1.73. The van der Waals surface area contributed by atoms with Crippen LogP contribution in [-0.4, -0.2) is 17.1 Å². The number of nitrogens with zero attached hydrogens (tertiary/aromatic N) is 1. The minimum atomic E-state index is 0.136. The van der Waals surface area contributed by atoms with Gasteiger partial charge < -0.3 is 10.5 Å². The first-order chi connectivity index (χ1) is 10.3. The predicted molar refractivity (Wildman–Crippen MR) is 86.4 cm³/mol. The van der Waals surface area contributed by atoms with Gasteiger partial charge >= 0.3 is 0 Å². The number of hydrogen-bond acceptors (Lipinski definition) is 3. The molecule has 1 saturated carbocycles. The molecule has 3 rings (SSSR count). The van der Waals surface area contributed by atoms with Crippen LogP contribution in [0.1, 0.15) is 39.0 Å². The second-order valence-electron chi connectivity index (χ2n) is 6.15. The van der Waals surface area contributed by atoms with Gasteiger partial charge in [-0.2, -0.15) is 0 Å². The molecule has 3 atom stereocenters. The molecule has 1 aliphatic rings. The molecule has 2 N–H and O–H groups in total. The molecule has 0 spiro atoms. The Kier molecular flexibility index (Phi) is 4.39. The van der Waals surface area contributed by atoms with Crippen LogP contribution in [0.2, 0.25) is 0 Å². The average molecular weight is 284 g/mol. The van der Waals surface area contributed by atoms with Crippen molar-refractivity contribution in [1.82, 2.24) is 4.98 Å². The standard InChI is InChI=1S/C18H24N2O/c1-2-4-13-6-9-16(19)18(11-13)21-15-8-7-14-5-3-10-20-17(14)12-15/h3,5,7-8,10,12-13,16,18H,2,4,6,9,11,19H2,1H3. The van der Waals surface area contributed by atoms with Crippen molar-refractivity contribution in [3.05, 3.63) is 36.5 Å². The third-order valence-corrected chi connectivity index (χ3v) is 4.51. The Morgan fingerprint density at radius 1 is 1.29 bits per heavy atom. The van der Waals surface area contributed by atoms with E-state index in [9.17, 15) is 0 Å². The summed E-state index contributed by atoms with van der Waals surface area (Å²) in [5.41, 5.74) is 7.23. The lowest BCUT2D eigenvalue weighted by Crippen LogP contribution is -2.43. The summed E-state index contributed by atoms with van der Waals surface area (Å²) >= 11 is 0. The largest absolute Gasteiger partial charge is 0.489 e. The van der Waals surface area contributed by atoms with Crippen LogP contribution in [0.3, 0.4) is 0 Å². The molecule has 0 bridgehead atoms. The van der Waals surface area contributed by atoms with E-state index in [0.717, 1.165) is 35.4 Å². The fraction of sp³-hybridized carbons (Fsp3) is 0.500. The second-order valence-corrected chi connectivity index (χ2v) is 6.15. The summed E-state index contributed by atoms with van der Waals surface area (Å²) in [7, 11) is 0. The highest BCUT2D eigenvalue weighted by molar-refractivity contribution is 5.79. The van der Waals surface area contributed by atoms with E-state index in [1.165, 1.54) is 19.3 Å². The maximum atomic E-state index is 6.26. The topological polar surface area (TPSA) is 48.1 Å². The third-order valence-electron chi connectivity index (χ3n) is 4.51. The molecule has 3 nitrogen and oxygen atoms in total. The van der Waals surface area contributed by atoms with Crippen LogP contribution < -0.4 is 10.5 Å². The van der Waals surface area contributed by atoms with Crippen LogP contribution in [0, 0.1) is 5.92 Å². The van der Waals surface area contributed by atoms with Crippen LogP contribution >= 0.6 is 0 Å². The molecule has 3 heteroatoms. The van der Waals surface area contributed by atoms with Gasteiger partial charge in [-0.3, -0.25) is 4.98 Å². The summed E-state index contributed by atoms with van der Waals surface area (Å²) in [4.78, 5) is 4.39. The molecule has 1 aromatic heterocycles. The van der Waals surface area contributed by atoms with Crippen LogP contribution in [0.5, 0.6) is 5.75 Å². The maximum absolute atomic E-state index is 6.26. The highest BCUT2D eigenvalue weighted by Gasteiger charge is 2.29. The zero-order valence-electron chi connectivity index (χ0n) is 12.7. The van der Waals surface area contributed by atoms with Gasteiger partial charge in [-0.05, 0) is 43.4 Å². The Morgan fingerprint density at radius 2 is 2.19 bits per heavy atom. The summed E-state index contributed by atoms with van der Waals surface area (Å²) in [5.74, 6) is 1.65. The van der Waals surface area contributed by atoms with Crippen LogP contribution in [-0.2, 0) is 0 Å². The molecule has 2 aromatic rings. The molecule has 21 heavy (non-hydrogen) atoms. The summed E-state index contributed by atoms with van der Waals surface area (Å²) in [6.45, 7) is 2.25. The van der Waals surface area contributed by atoms with Crippen molar-refractivity contribution in [2.24, 2.45) is 11.7 Å². The van der Waals surface area contributed by atoms with Gasteiger partial charge in [-0.1, -0.05) is 25.8 Å². The monoisotopic (exact) mass is 284 g/mol. The first-order valence-corrected chi connectivity index (χ1v) is 8.03. The van der Waals surface area contributed by atoms with Crippen LogP contribution in [0.25, 0.3) is 10.9 Å². The number of aromatic nitrogens is 1. The predicted octanol–water partition coefficient (Wildman–Crippen LogP) is 3.91. The third kappa shape index (κ3) is 3.35. The van der Waals surface area contributed by atoms with Crippen molar-refractivity contribution < 1.29 is 4.74 Å². The van der Waals surface area contributed by atoms with Crippen molar-refractivity contribution >= 4 is 10.9 Å². The molecule has 1 aliphatic carbocycles. The Labute approximate surface area is 126 Å². The van der Waals surface area contributed by atoms with E-state index >= 15 is 0 Å². The molecular formula is C18H24N2O. The van der Waals surface area contributed by atoms with Crippen LogP contribution in [0.15, 0.2) is 36.5 Å². The van der Waals surface area contributed by atoms with E-state index < -0.39 is 0 Å². The van der Waals surface area contributed by atoms with E-state index in [0.29, 0.717) is 0 Å². The molecule has 0 amide bonds. The number of benzene rings is 1. The van der Waals surface area contributed by atoms with E-state index in [-0.39, 0.29) is 12.1 Å². The van der Waals surface area contributed by atoms with Crippen molar-refractivity contribution in [3.63, 3.8) is 0 Å². The van der Waals surface area contributed by atoms with E-state index in [4.69, 9.17) is 10.5 Å². The van der Waals surface area contributed by atoms with E-state index in [1.54, 1.807) is 0 Å². The van der Waals surface area contributed by atoms with Gasteiger partial charge in [0.25, 0.3) is 0 Å². The lowest BCUT2D eigenvalue weighted by molar-refractivity contribution is 0.0994. The van der Waals surface area contributed by atoms with Crippen LogP contribution in [0.4, 0.5) is 0 Å². The summed E-state index contributed by atoms with van der Waals surface area (Å²) in [6.07, 6.45) is 7.87. The minimum absolute atomic E-state index is 0.136. The highest BCUT2D eigenvalue weighted by atomic mass is 16.5. The second kappa shape index (κ2) is 6.44. The fourth-order valence-electron chi connectivity index (χ4n) is 3.34. The summed E-state index contributed by atoms with van der Waals surface area (Å²) in [6, 6.07) is 10.3. The van der Waals surface area contributed by atoms with E-state index in [2.05, 4.69) is 24.0 Å². The lowest BCUT2D eigenvalue weighted by Gasteiger charge is -2.34. The van der Waals surface area contributed by atoms with Gasteiger partial charge in [-0.15, -0.1) is 0 Å². The maximum Gasteiger partial charge on any atom is 0.122 e. The summed E-state index contributed by atoms with van der Waals surface area (Å²) < 4.78 is 6.19. The van der Waals surface area contributed by atoms with Crippen molar-refractivity contribution in [2.75, 3.05) is 0 Å².